The molecule has 0 bridgehead atoms. The fraction of sp³-hybridized carbons (Fsp3) is 0.188. The lowest BCUT2D eigenvalue weighted by Gasteiger charge is -2.29. The average Bonchev–Trinajstić information content (AvgIpc) is 3.51. The number of hydrogen-bond donors (Lipinski definition) is 2. The Morgan fingerprint density at radius 3 is 2.49 bits per heavy atom. The molecule has 0 amide bonds. The number of aromatic hydroxyl groups is 2. The van der Waals surface area contributed by atoms with Gasteiger partial charge in [0.1, 0.15) is 40.4 Å². The Kier molecular flexibility index (Phi) is 5.33. The van der Waals surface area contributed by atoms with Gasteiger partial charge in [0.15, 0.2) is 11.5 Å². The van der Waals surface area contributed by atoms with Gasteiger partial charge in [0, 0.05) is 46.2 Å². The molecule has 3 heterocycles. The van der Waals surface area contributed by atoms with Crippen LogP contribution in [0.5, 0.6) is 34.5 Å². The highest BCUT2D eigenvalue weighted by Gasteiger charge is 2.42. The van der Waals surface area contributed by atoms with Crippen LogP contribution in [-0.2, 0) is 6.42 Å². The summed E-state index contributed by atoms with van der Waals surface area (Å²) < 4.78 is 29.8. The summed E-state index contributed by atoms with van der Waals surface area (Å²) in [6, 6.07) is 22.6. The van der Waals surface area contributed by atoms with Crippen molar-refractivity contribution in [3.05, 3.63) is 95.2 Å². The van der Waals surface area contributed by atoms with Crippen LogP contribution in [-0.4, -0.2) is 31.0 Å². The first-order valence-electron chi connectivity index (χ1n) is 12.8. The molecule has 4 aromatic carbocycles. The van der Waals surface area contributed by atoms with Crippen molar-refractivity contribution in [1.82, 2.24) is 0 Å². The Balaban J connectivity index is 1.34. The summed E-state index contributed by atoms with van der Waals surface area (Å²) >= 11 is 0. The third-order valence-electron chi connectivity index (χ3n) is 7.68. The molecule has 5 aromatic rings. The molecule has 196 valence electrons. The second kappa shape index (κ2) is 8.91. The van der Waals surface area contributed by atoms with Crippen LogP contribution in [0, 0.1) is 0 Å². The summed E-state index contributed by atoms with van der Waals surface area (Å²) in [7, 11) is 3.14. The summed E-state index contributed by atoms with van der Waals surface area (Å²) in [5.41, 5.74) is 4.93. The first-order valence-corrected chi connectivity index (χ1v) is 12.8. The molecule has 7 nitrogen and oxygen atoms in total. The molecular weight excluding hydrogens is 496 g/mol. The lowest BCUT2D eigenvalue weighted by Crippen LogP contribution is -2.24. The summed E-state index contributed by atoms with van der Waals surface area (Å²) in [6.45, 7) is 0.421. The van der Waals surface area contributed by atoms with Gasteiger partial charge in [-0.3, -0.25) is 0 Å². The first-order chi connectivity index (χ1) is 19.1. The van der Waals surface area contributed by atoms with Crippen molar-refractivity contribution in [2.45, 2.75) is 18.4 Å². The SMILES string of the molecule is COc1ccc2c(c1)OC1c3ccc(O)c(Cc4oc5cc(OC)c(O)cc5c4-c4ccccc4)c3OCC21. The molecule has 2 atom stereocenters. The Bertz CT molecular complexity index is 1720. The van der Waals surface area contributed by atoms with E-state index in [0.29, 0.717) is 35.0 Å². The molecule has 0 aliphatic carbocycles. The summed E-state index contributed by atoms with van der Waals surface area (Å²) in [5, 5.41) is 22.3. The maximum absolute atomic E-state index is 11.0. The third kappa shape index (κ3) is 3.65. The van der Waals surface area contributed by atoms with Crippen molar-refractivity contribution in [2.75, 3.05) is 20.8 Å². The summed E-state index contributed by atoms with van der Waals surface area (Å²) in [4.78, 5) is 0. The second-order valence-electron chi connectivity index (χ2n) is 9.80. The van der Waals surface area contributed by atoms with Crippen molar-refractivity contribution >= 4 is 11.0 Å². The van der Waals surface area contributed by atoms with Crippen LogP contribution in [0.15, 0.2) is 77.2 Å². The molecule has 39 heavy (non-hydrogen) atoms. The van der Waals surface area contributed by atoms with Crippen molar-refractivity contribution in [2.24, 2.45) is 0 Å². The number of methoxy groups -OCH3 is 2. The van der Waals surface area contributed by atoms with Crippen molar-refractivity contribution in [3.63, 3.8) is 0 Å². The van der Waals surface area contributed by atoms with Gasteiger partial charge in [-0.15, -0.1) is 0 Å². The highest BCUT2D eigenvalue weighted by atomic mass is 16.5. The van der Waals surface area contributed by atoms with Crippen molar-refractivity contribution < 1.29 is 33.6 Å². The number of phenolic OH excluding ortho intramolecular Hbond substituents is 2. The van der Waals surface area contributed by atoms with E-state index in [0.717, 1.165) is 39.1 Å². The number of phenols is 2. The maximum Gasteiger partial charge on any atom is 0.164 e. The smallest absolute Gasteiger partial charge is 0.164 e. The monoisotopic (exact) mass is 522 g/mol. The van der Waals surface area contributed by atoms with Crippen LogP contribution in [0.4, 0.5) is 0 Å². The molecule has 0 fully saturated rings. The zero-order valence-corrected chi connectivity index (χ0v) is 21.4. The minimum atomic E-state index is -0.235. The zero-order valence-electron chi connectivity index (χ0n) is 21.4. The number of hydrogen-bond acceptors (Lipinski definition) is 7. The van der Waals surface area contributed by atoms with Crippen LogP contribution < -0.4 is 18.9 Å². The molecular formula is C32H26O7. The third-order valence-corrected chi connectivity index (χ3v) is 7.68. The van der Waals surface area contributed by atoms with Gasteiger partial charge in [-0.2, -0.15) is 0 Å². The molecule has 1 aromatic heterocycles. The van der Waals surface area contributed by atoms with E-state index >= 15 is 0 Å². The molecule has 2 aliphatic heterocycles. The largest absolute Gasteiger partial charge is 0.508 e. The Labute approximate surface area is 224 Å². The molecule has 0 saturated carbocycles. The van der Waals surface area contributed by atoms with Gasteiger partial charge < -0.3 is 33.6 Å². The van der Waals surface area contributed by atoms with E-state index in [1.807, 2.05) is 54.6 Å². The Morgan fingerprint density at radius 2 is 1.69 bits per heavy atom. The van der Waals surface area contributed by atoms with Crippen LogP contribution >= 0.6 is 0 Å². The molecule has 2 N–H and O–H groups in total. The van der Waals surface area contributed by atoms with Crippen molar-refractivity contribution in [3.8, 4) is 45.6 Å². The van der Waals surface area contributed by atoms with Gasteiger partial charge in [0.2, 0.25) is 0 Å². The molecule has 7 heteroatoms. The lowest BCUT2D eigenvalue weighted by atomic mass is 9.87. The molecule has 0 spiro atoms. The van der Waals surface area contributed by atoms with E-state index in [1.165, 1.54) is 7.11 Å². The fourth-order valence-electron chi connectivity index (χ4n) is 5.80. The van der Waals surface area contributed by atoms with Crippen LogP contribution in [0.3, 0.4) is 0 Å². The predicted octanol–water partition coefficient (Wildman–Crippen LogP) is 6.73. The zero-order chi connectivity index (χ0) is 26.7. The van der Waals surface area contributed by atoms with Crippen molar-refractivity contribution in [1.29, 1.82) is 0 Å². The fourth-order valence-corrected chi connectivity index (χ4v) is 5.80. The molecule has 0 radical (unpaired) electrons. The van der Waals surface area contributed by atoms with Crippen LogP contribution in [0.2, 0.25) is 0 Å². The van der Waals surface area contributed by atoms with Gasteiger partial charge in [-0.1, -0.05) is 36.4 Å². The van der Waals surface area contributed by atoms with Gasteiger partial charge in [-0.25, -0.2) is 0 Å². The number of ether oxygens (including phenoxy) is 4. The van der Waals surface area contributed by atoms with E-state index in [4.69, 9.17) is 23.4 Å². The van der Waals surface area contributed by atoms with Crippen LogP contribution in [0.1, 0.15) is 34.5 Å². The van der Waals surface area contributed by atoms with Gasteiger partial charge in [0.05, 0.1) is 26.7 Å². The normalized spacial score (nSPS) is 17.1. The van der Waals surface area contributed by atoms with E-state index < -0.39 is 0 Å². The quantitative estimate of drug-likeness (QED) is 0.265. The predicted molar refractivity (Wildman–Crippen MR) is 145 cm³/mol. The molecule has 2 unspecified atom stereocenters. The van der Waals surface area contributed by atoms with E-state index in [9.17, 15) is 10.2 Å². The topological polar surface area (TPSA) is 90.5 Å². The van der Waals surface area contributed by atoms with Gasteiger partial charge >= 0.3 is 0 Å². The maximum atomic E-state index is 11.0. The first kappa shape index (κ1) is 23.3. The summed E-state index contributed by atoms with van der Waals surface area (Å²) in [6.07, 6.45) is 0.0375. The lowest BCUT2D eigenvalue weighted by molar-refractivity contribution is 0.138. The van der Waals surface area contributed by atoms with Gasteiger partial charge in [-0.05, 0) is 29.8 Å². The Hall–Kier alpha value is -4.78. The van der Waals surface area contributed by atoms with E-state index in [2.05, 4.69) is 0 Å². The molecule has 2 aliphatic rings. The minimum absolute atomic E-state index is 0.0263. The number of rotatable bonds is 5. The molecule has 0 saturated heterocycles. The second-order valence-corrected chi connectivity index (χ2v) is 9.80. The van der Waals surface area contributed by atoms with E-state index in [1.54, 1.807) is 25.3 Å². The average molecular weight is 523 g/mol. The highest BCUT2D eigenvalue weighted by molar-refractivity contribution is 5.97. The number of fused-ring (bicyclic) bond motifs is 6. The van der Waals surface area contributed by atoms with Gasteiger partial charge in [0.25, 0.3) is 0 Å². The minimum Gasteiger partial charge on any atom is -0.508 e. The van der Waals surface area contributed by atoms with Crippen LogP contribution in [0.25, 0.3) is 22.1 Å². The molecule has 7 rings (SSSR count). The number of benzene rings is 4. The standard InChI is InChI=1S/C32H26O7/c1-35-18-8-9-19-23-16-37-31-20(32(23)39-26(19)12-18)10-11-24(33)21(31)14-29-30(17-6-4-3-5-7-17)22-13-25(34)28(36-2)15-27(22)38-29/h3-13,15,23,32-34H,14,16H2,1-2H3. The summed E-state index contributed by atoms with van der Waals surface area (Å²) in [5.74, 6) is 3.27. The Morgan fingerprint density at radius 1 is 0.872 bits per heavy atom. The van der Waals surface area contributed by atoms with E-state index in [-0.39, 0.29) is 29.9 Å². The number of furan rings is 1. The highest BCUT2D eigenvalue weighted by Crippen LogP contribution is 2.54.